The van der Waals surface area contributed by atoms with Crippen LogP contribution in [-0.4, -0.2) is 6.04 Å². The van der Waals surface area contributed by atoms with Gasteiger partial charge in [0.05, 0.1) is 0 Å². The predicted molar refractivity (Wildman–Crippen MR) is 82.1 cm³/mol. The molecule has 0 unspecified atom stereocenters. The molecular formula is C15H16BrNS. The molecule has 1 heterocycles. The highest BCUT2D eigenvalue weighted by Gasteiger charge is 2.20. The molecule has 1 aromatic carbocycles. The van der Waals surface area contributed by atoms with Gasteiger partial charge >= 0.3 is 0 Å². The molecule has 1 aliphatic carbocycles. The molecule has 0 radical (unpaired) electrons. The fourth-order valence-electron chi connectivity index (χ4n) is 1.91. The Bertz CT molecular complexity index is 557. The van der Waals surface area contributed by atoms with Gasteiger partial charge in [0.2, 0.25) is 0 Å². The van der Waals surface area contributed by atoms with E-state index < -0.39 is 0 Å². The molecule has 18 heavy (non-hydrogen) atoms. The molecule has 1 nitrogen and oxygen atoms in total. The SMILES string of the molecule is Cc1ccc(-c2ccc(CNC3CC3)s2)cc1Br. The predicted octanol–water partition coefficient (Wildman–Crippen LogP) is 4.74. The highest BCUT2D eigenvalue weighted by molar-refractivity contribution is 9.10. The number of halogens is 1. The van der Waals surface area contributed by atoms with Gasteiger partial charge in [-0.15, -0.1) is 11.3 Å². The summed E-state index contributed by atoms with van der Waals surface area (Å²) in [5.74, 6) is 0. The summed E-state index contributed by atoms with van der Waals surface area (Å²) in [7, 11) is 0. The lowest BCUT2D eigenvalue weighted by atomic mass is 10.1. The molecular weight excluding hydrogens is 306 g/mol. The third-order valence-electron chi connectivity index (χ3n) is 3.26. The standard InChI is InChI=1S/C15H16BrNS/c1-10-2-3-11(8-14(10)16)15-7-6-13(18-15)9-17-12-4-5-12/h2-3,6-8,12,17H,4-5,9H2,1H3. The Morgan fingerprint density at radius 2 is 2.11 bits per heavy atom. The first kappa shape index (κ1) is 12.4. The molecule has 3 rings (SSSR count). The Labute approximate surface area is 120 Å². The summed E-state index contributed by atoms with van der Waals surface area (Å²) in [6.45, 7) is 3.13. The lowest BCUT2D eigenvalue weighted by Gasteiger charge is -2.02. The Morgan fingerprint density at radius 1 is 1.28 bits per heavy atom. The summed E-state index contributed by atoms with van der Waals surface area (Å²) in [6.07, 6.45) is 2.70. The van der Waals surface area contributed by atoms with Gasteiger partial charge < -0.3 is 5.32 Å². The molecule has 0 aliphatic heterocycles. The van der Waals surface area contributed by atoms with Crippen molar-refractivity contribution in [2.45, 2.75) is 32.4 Å². The van der Waals surface area contributed by atoms with Crippen LogP contribution in [0.5, 0.6) is 0 Å². The average Bonchev–Trinajstić information content (AvgIpc) is 3.08. The first-order valence-electron chi connectivity index (χ1n) is 6.31. The molecule has 0 saturated heterocycles. The summed E-state index contributed by atoms with van der Waals surface area (Å²) >= 11 is 5.49. The monoisotopic (exact) mass is 321 g/mol. The lowest BCUT2D eigenvalue weighted by Crippen LogP contribution is -2.14. The summed E-state index contributed by atoms with van der Waals surface area (Å²) < 4.78 is 1.19. The van der Waals surface area contributed by atoms with E-state index in [0.29, 0.717) is 0 Å². The summed E-state index contributed by atoms with van der Waals surface area (Å²) in [4.78, 5) is 2.77. The zero-order valence-electron chi connectivity index (χ0n) is 10.4. The molecule has 0 atom stereocenters. The third-order valence-corrected chi connectivity index (χ3v) is 5.25. The van der Waals surface area contributed by atoms with Crippen molar-refractivity contribution in [3.05, 3.63) is 45.2 Å². The van der Waals surface area contributed by atoms with Crippen molar-refractivity contribution in [3.63, 3.8) is 0 Å². The summed E-state index contributed by atoms with van der Waals surface area (Å²) in [5.41, 5.74) is 2.58. The Morgan fingerprint density at radius 3 is 2.83 bits per heavy atom. The Kier molecular flexibility index (Phi) is 3.55. The molecule has 0 bridgehead atoms. The minimum atomic E-state index is 0.782. The largest absolute Gasteiger partial charge is 0.309 e. The van der Waals surface area contributed by atoms with E-state index in [-0.39, 0.29) is 0 Å². The van der Waals surface area contributed by atoms with Crippen molar-refractivity contribution in [2.75, 3.05) is 0 Å². The van der Waals surface area contributed by atoms with Crippen LogP contribution in [0, 0.1) is 6.92 Å². The summed E-state index contributed by atoms with van der Waals surface area (Å²) in [6, 6.07) is 11.8. The second-order valence-corrected chi connectivity index (χ2v) is 6.91. The Balaban J connectivity index is 1.76. The number of hydrogen-bond donors (Lipinski definition) is 1. The van der Waals surface area contributed by atoms with E-state index >= 15 is 0 Å². The van der Waals surface area contributed by atoms with Crippen molar-refractivity contribution in [2.24, 2.45) is 0 Å². The van der Waals surface area contributed by atoms with Crippen molar-refractivity contribution in [3.8, 4) is 10.4 Å². The molecule has 1 aromatic heterocycles. The molecule has 94 valence electrons. The van der Waals surface area contributed by atoms with Gasteiger partial charge in [-0.3, -0.25) is 0 Å². The molecule has 1 saturated carbocycles. The van der Waals surface area contributed by atoms with Gasteiger partial charge in [0, 0.05) is 26.8 Å². The van der Waals surface area contributed by atoms with E-state index in [4.69, 9.17) is 0 Å². The first-order valence-corrected chi connectivity index (χ1v) is 7.92. The quantitative estimate of drug-likeness (QED) is 0.857. The van der Waals surface area contributed by atoms with Crippen LogP contribution in [0.1, 0.15) is 23.3 Å². The van der Waals surface area contributed by atoms with Crippen LogP contribution >= 0.6 is 27.3 Å². The van der Waals surface area contributed by atoms with Gasteiger partial charge in [-0.1, -0.05) is 28.1 Å². The zero-order chi connectivity index (χ0) is 12.5. The van der Waals surface area contributed by atoms with Crippen LogP contribution in [0.15, 0.2) is 34.8 Å². The van der Waals surface area contributed by atoms with E-state index in [0.717, 1.165) is 12.6 Å². The molecule has 0 amide bonds. The van der Waals surface area contributed by atoms with Crippen LogP contribution in [0.4, 0.5) is 0 Å². The molecule has 2 aromatic rings. The Hall–Kier alpha value is -0.640. The van der Waals surface area contributed by atoms with Gasteiger partial charge in [-0.2, -0.15) is 0 Å². The highest BCUT2D eigenvalue weighted by Crippen LogP contribution is 2.31. The topological polar surface area (TPSA) is 12.0 Å². The van der Waals surface area contributed by atoms with E-state index in [1.54, 1.807) is 0 Å². The number of aryl methyl sites for hydroxylation is 1. The van der Waals surface area contributed by atoms with E-state index in [1.807, 2.05) is 11.3 Å². The van der Waals surface area contributed by atoms with Gasteiger partial charge in [0.15, 0.2) is 0 Å². The number of thiophene rings is 1. The molecule has 0 spiro atoms. The second-order valence-electron chi connectivity index (χ2n) is 4.89. The van der Waals surface area contributed by atoms with Crippen LogP contribution < -0.4 is 5.32 Å². The van der Waals surface area contributed by atoms with Gasteiger partial charge in [-0.05, 0) is 49.1 Å². The van der Waals surface area contributed by atoms with Gasteiger partial charge in [0.25, 0.3) is 0 Å². The second kappa shape index (κ2) is 5.16. The molecule has 1 aliphatic rings. The normalized spacial score (nSPS) is 15.0. The van der Waals surface area contributed by atoms with Crippen molar-refractivity contribution < 1.29 is 0 Å². The minimum Gasteiger partial charge on any atom is -0.309 e. The van der Waals surface area contributed by atoms with Crippen molar-refractivity contribution >= 4 is 27.3 Å². The summed E-state index contributed by atoms with van der Waals surface area (Å²) in [5, 5.41) is 3.56. The fourth-order valence-corrected chi connectivity index (χ4v) is 3.24. The van der Waals surface area contributed by atoms with Crippen molar-refractivity contribution in [1.82, 2.24) is 5.32 Å². The smallest absolute Gasteiger partial charge is 0.0346 e. The van der Waals surface area contributed by atoms with Gasteiger partial charge in [-0.25, -0.2) is 0 Å². The van der Waals surface area contributed by atoms with Crippen LogP contribution in [-0.2, 0) is 6.54 Å². The number of hydrogen-bond acceptors (Lipinski definition) is 2. The first-order chi connectivity index (χ1) is 8.72. The maximum Gasteiger partial charge on any atom is 0.0346 e. The minimum absolute atomic E-state index is 0.782. The zero-order valence-corrected chi connectivity index (χ0v) is 12.8. The van der Waals surface area contributed by atoms with E-state index in [2.05, 4.69) is 58.5 Å². The highest BCUT2D eigenvalue weighted by atomic mass is 79.9. The third kappa shape index (κ3) is 2.85. The van der Waals surface area contributed by atoms with Crippen molar-refractivity contribution in [1.29, 1.82) is 0 Å². The van der Waals surface area contributed by atoms with E-state index in [1.165, 1.54) is 38.2 Å². The van der Waals surface area contributed by atoms with Crippen LogP contribution in [0.3, 0.4) is 0 Å². The fraction of sp³-hybridized carbons (Fsp3) is 0.333. The number of rotatable bonds is 4. The molecule has 1 N–H and O–H groups in total. The van der Waals surface area contributed by atoms with Crippen LogP contribution in [0.25, 0.3) is 10.4 Å². The number of nitrogens with one attached hydrogen (secondary N) is 1. The maximum absolute atomic E-state index is 3.60. The molecule has 3 heteroatoms. The number of benzene rings is 1. The van der Waals surface area contributed by atoms with Gasteiger partial charge in [0.1, 0.15) is 0 Å². The van der Waals surface area contributed by atoms with Crippen LogP contribution in [0.2, 0.25) is 0 Å². The maximum atomic E-state index is 3.60. The average molecular weight is 322 g/mol. The lowest BCUT2D eigenvalue weighted by molar-refractivity contribution is 0.695. The molecule has 1 fully saturated rings. The van der Waals surface area contributed by atoms with E-state index in [9.17, 15) is 0 Å².